The second-order valence-corrected chi connectivity index (χ2v) is 8.93. The van der Waals surface area contributed by atoms with Crippen LogP contribution in [-0.2, 0) is 22.6 Å². The van der Waals surface area contributed by atoms with E-state index in [-0.39, 0.29) is 25.2 Å². The van der Waals surface area contributed by atoms with Gasteiger partial charge in [0.15, 0.2) is 5.82 Å². The molecular weight excluding hydrogens is 442 g/mol. The second-order valence-electron chi connectivity index (χ2n) is 8.93. The number of rotatable bonds is 7. The maximum Gasteiger partial charge on any atom is 0.240 e. The Morgan fingerprint density at radius 3 is 2.50 bits per heavy atom. The number of carbonyl (C=O) groups excluding carboxylic acids is 2. The molecule has 2 heterocycles. The van der Waals surface area contributed by atoms with Crippen LogP contribution >= 0.6 is 0 Å². The van der Waals surface area contributed by atoms with E-state index in [0.29, 0.717) is 18.3 Å². The molecule has 2 unspecified atom stereocenters. The molecule has 2 amide bonds. The molecule has 2 aliphatic rings. The van der Waals surface area contributed by atoms with E-state index in [4.69, 9.17) is 5.73 Å². The summed E-state index contributed by atoms with van der Waals surface area (Å²) in [7, 11) is 0. The van der Waals surface area contributed by atoms with Gasteiger partial charge >= 0.3 is 0 Å². The van der Waals surface area contributed by atoms with Crippen LogP contribution in [0.4, 0.5) is 8.78 Å². The average molecular weight is 466 g/mol. The molecule has 176 valence electrons. The van der Waals surface area contributed by atoms with Gasteiger partial charge in [-0.2, -0.15) is 0 Å². The Balaban J connectivity index is 1.26. The first kappa shape index (κ1) is 22.1. The van der Waals surface area contributed by atoms with Crippen LogP contribution in [0.15, 0.2) is 42.5 Å². The van der Waals surface area contributed by atoms with Crippen molar-refractivity contribution in [2.75, 3.05) is 6.54 Å². The monoisotopic (exact) mass is 466 g/mol. The molecule has 2 fully saturated rings. The first-order chi connectivity index (χ1) is 16.4. The first-order valence-electron chi connectivity index (χ1n) is 11.3. The van der Waals surface area contributed by atoms with Gasteiger partial charge in [0.25, 0.3) is 0 Å². The number of aromatic nitrogens is 4. The van der Waals surface area contributed by atoms with E-state index < -0.39 is 24.0 Å². The van der Waals surface area contributed by atoms with E-state index in [1.165, 1.54) is 4.68 Å². The Labute approximate surface area is 194 Å². The van der Waals surface area contributed by atoms with Gasteiger partial charge in [-0.15, -0.1) is 5.10 Å². The van der Waals surface area contributed by atoms with Crippen LogP contribution in [0.1, 0.15) is 42.1 Å². The highest BCUT2D eigenvalue weighted by molar-refractivity contribution is 5.88. The number of hydrogen-bond acceptors (Lipinski definition) is 5. The van der Waals surface area contributed by atoms with Crippen molar-refractivity contribution in [2.45, 2.75) is 50.4 Å². The van der Waals surface area contributed by atoms with Crippen molar-refractivity contribution in [3.05, 3.63) is 65.2 Å². The average Bonchev–Trinajstić information content (AvgIpc) is 3.44. The van der Waals surface area contributed by atoms with E-state index >= 15 is 0 Å². The fourth-order valence-corrected chi connectivity index (χ4v) is 4.45. The number of alkyl halides is 1. The molecule has 1 aliphatic carbocycles. The van der Waals surface area contributed by atoms with Crippen LogP contribution < -0.4 is 5.73 Å². The zero-order chi connectivity index (χ0) is 23.8. The summed E-state index contributed by atoms with van der Waals surface area (Å²) in [4.78, 5) is 25.4. The van der Waals surface area contributed by atoms with E-state index in [2.05, 4.69) is 15.5 Å². The third-order valence-electron chi connectivity index (χ3n) is 6.45. The fraction of sp³-hybridized carbons (Fsp3) is 0.375. The van der Waals surface area contributed by atoms with Crippen LogP contribution in [0.25, 0.3) is 11.1 Å². The molecule has 0 bridgehead atoms. The Morgan fingerprint density at radius 2 is 1.82 bits per heavy atom. The zero-order valence-electron chi connectivity index (χ0n) is 18.4. The van der Waals surface area contributed by atoms with Crippen molar-refractivity contribution < 1.29 is 18.4 Å². The molecule has 1 saturated carbocycles. The van der Waals surface area contributed by atoms with Crippen LogP contribution in [0.5, 0.6) is 0 Å². The molecule has 10 heteroatoms. The summed E-state index contributed by atoms with van der Waals surface area (Å²) in [5.74, 6) is -0.679. The number of primary amides is 1. The van der Waals surface area contributed by atoms with Crippen molar-refractivity contribution in [1.29, 1.82) is 0 Å². The SMILES string of the molecule is NC(=O)C1CC(F)CN1C(=O)Cc1nnnn1Cc1ccc(-c2ccc(C3CC3)c(F)c2)cc1. The summed E-state index contributed by atoms with van der Waals surface area (Å²) in [6.45, 7) is 0.146. The fourth-order valence-electron chi connectivity index (χ4n) is 4.45. The molecule has 1 aliphatic heterocycles. The molecule has 1 aromatic heterocycles. The quantitative estimate of drug-likeness (QED) is 0.575. The van der Waals surface area contributed by atoms with Crippen molar-refractivity contribution in [3.8, 4) is 11.1 Å². The summed E-state index contributed by atoms with van der Waals surface area (Å²) in [6, 6.07) is 12.0. The molecular formula is C24H24F2N6O2. The number of halogens is 2. The molecule has 8 nitrogen and oxygen atoms in total. The normalized spacial score (nSPS) is 20.0. The number of hydrogen-bond donors (Lipinski definition) is 1. The minimum absolute atomic E-state index is 0.0917. The van der Waals surface area contributed by atoms with E-state index in [0.717, 1.165) is 40.0 Å². The van der Waals surface area contributed by atoms with Gasteiger partial charge in [0, 0.05) is 6.42 Å². The van der Waals surface area contributed by atoms with Crippen molar-refractivity contribution in [3.63, 3.8) is 0 Å². The molecule has 2 aromatic carbocycles. The smallest absolute Gasteiger partial charge is 0.240 e. The van der Waals surface area contributed by atoms with Gasteiger partial charge in [0.1, 0.15) is 18.0 Å². The standard InChI is InChI=1S/C24H24F2N6O2/c25-18-10-21(24(27)34)31(13-18)23(33)11-22-28-29-30-32(22)12-14-1-3-15(4-2-14)17-7-8-19(16-5-6-16)20(26)9-17/h1-4,7-9,16,18,21H,5-6,10-13H2,(H2,27,34). The summed E-state index contributed by atoms with van der Waals surface area (Å²) in [5.41, 5.74) is 8.69. The topological polar surface area (TPSA) is 107 Å². The number of tetrazole rings is 1. The van der Waals surface area contributed by atoms with Crippen LogP contribution in [-0.4, -0.2) is 55.7 Å². The van der Waals surface area contributed by atoms with Crippen molar-refractivity contribution >= 4 is 11.8 Å². The molecule has 34 heavy (non-hydrogen) atoms. The summed E-state index contributed by atoms with van der Waals surface area (Å²) < 4.78 is 29.6. The summed E-state index contributed by atoms with van der Waals surface area (Å²) in [5, 5.41) is 11.5. The molecule has 0 radical (unpaired) electrons. The largest absolute Gasteiger partial charge is 0.368 e. The Bertz CT molecular complexity index is 1220. The van der Waals surface area contributed by atoms with Gasteiger partial charge in [0.2, 0.25) is 11.8 Å². The highest BCUT2D eigenvalue weighted by Crippen LogP contribution is 2.42. The number of carbonyl (C=O) groups is 2. The lowest BCUT2D eigenvalue weighted by Gasteiger charge is -2.21. The minimum atomic E-state index is -1.28. The van der Waals surface area contributed by atoms with Crippen molar-refractivity contribution in [2.24, 2.45) is 5.73 Å². The van der Waals surface area contributed by atoms with Crippen molar-refractivity contribution in [1.82, 2.24) is 25.1 Å². The summed E-state index contributed by atoms with van der Waals surface area (Å²) in [6.07, 6.45) is 0.556. The molecule has 3 aromatic rings. The van der Waals surface area contributed by atoms with E-state index in [1.807, 2.05) is 36.4 Å². The van der Waals surface area contributed by atoms with Gasteiger partial charge in [-0.3, -0.25) is 9.59 Å². The van der Waals surface area contributed by atoms with Gasteiger partial charge < -0.3 is 10.6 Å². The summed E-state index contributed by atoms with van der Waals surface area (Å²) >= 11 is 0. The predicted octanol–water partition coefficient (Wildman–Crippen LogP) is 2.37. The molecule has 2 atom stereocenters. The number of benzene rings is 2. The first-order valence-corrected chi connectivity index (χ1v) is 11.3. The number of nitrogens with zero attached hydrogens (tertiary/aromatic N) is 5. The molecule has 0 spiro atoms. The van der Waals surface area contributed by atoms with E-state index in [1.54, 1.807) is 6.07 Å². The van der Waals surface area contributed by atoms with Gasteiger partial charge in [-0.05, 0) is 57.5 Å². The lowest BCUT2D eigenvalue weighted by Crippen LogP contribution is -2.44. The second kappa shape index (κ2) is 8.92. The number of amides is 2. The zero-order valence-corrected chi connectivity index (χ0v) is 18.4. The van der Waals surface area contributed by atoms with Crippen LogP contribution in [0.2, 0.25) is 0 Å². The maximum atomic E-state index is 14.4. The Hall–Kier alpha value is -3.69. The van der Waals surface area contributed by atoms with Gasteiger partial charge in [-0.25, -0.2) is 13.5 Å². The predicted molar refractivity (Wildman–Crippen MR) is 119 cm³/mol. The molecule has 1 saturated heterocycles. The van der Waals surface area contributed by atoms with Crippen LogP contribution in [0, 0.1) is 5.82 Å². The van der Waals surface area contributed by atoms with E-state index in [9.17, 15) is 18.4 Å². The highest BCUT2D eigenvalue weighted by atomic mass is 19.1. The third kappa shape index (κ3) is 4.52. The van der Waals surface area contributed by atoms with Gasteiger partial charge in [-0.1, -0.05) is 36.4 Å². The lowest BCUT2D eigenvalue weighted by atomic mass is 10.0. The van der Waals surface area contributed by atoms with Gasteiger partial charge in [0.05, 0.1) is 19.5 Å². The molecule has 5 rings (SSSR count). The Morgan fingerprint density at radius 1 is 1.09 bits per heavy atom. The Kier molecular flexibility index (Phi) is 5.80. The third-order valence-corrected chi connectivity index (χ3v) is 6.45. The number of likely N-dealkylation sites (tertiary alicyclic amines) is 1. The van der Waals surface area contributed by atoms with Crippen LogP contribution in [0.3, 0.4) is 0 Å². The number of nitrogens with two attached hydrogens (primary N) is 1. The molecule has 2 N–H and O–H groups in total. The lowest BCUT2D eigenvalue weighted by molar-refractivity contribution is -0.136. The minimum Gasteiger partial charge on any atom is -0.368 e. The highest BCUT2D eigenvalue weighted by Gasteiger charge is 2.39. The maximum absolute atomic E-state index is 14.4.